The first kappa shape index (κ1) is 10.4. The second kappa shape index (κ2) is 4.57. The van der Waals surface area contributed by atoms with Gasteiger partial charge < -0.3 is 0 Å². The first-order chi connectivity index (χ1) is 7.75. The highest BCUT2D eigenvalue weighted by Gasteiger charge is 2.00. The summed E-state index contributed by atoms with van der Waals surface area (Å²) in [4.78, 5) is 9.91. The Labute approximate surface area is 92.5 Å². The molecule has 1 heterocycles. The Morgan fingerprint density at radius 2 is 2.06 bits per heavy atom. The van der Waals surface area contributed by atoms with Crippen LogP contribution in [0.2, 0.25) is 0 Å². The molecule has 0 radical (unpaired) electrons. The predicted octanol–water partition coefficient (Wildman–Crippen LogP) is 1.69. The van der Waals surface area contributed by atoms with Gasteiger partial charge in [0, 0.05) is 23.7 Å². The third kappa shape index (κ3) is 2.44. The summed E-state index contributed by atoms with van der Waals surface area (Å²) in [6, 6.07) is 9.44. The molecule has 0 aliphatic rings. The quantitative estimate of drug-likeness (QED) is 0.578. The van der Waals surface area contributed by atoms with Crippen molar-refractivity contribution in [2.75, 3.05) is 6.54 Å². The molecule has 1 aromatic heterocycles. The molecule has 0 spiro atoms. The van der Waals surface area contributed by atoms with Crippen LogP contribution in [0, 0.1) is 10.1 Å². The minimum atomic E-state index is -0.304. The highest BCUT2D eigenvalue weighted by atomic mass is 16.6. The standard InChI is InChI=1S/C11H11N3O2/c15-14(16)9-6-10-2-4-11(5-3-10)13-8-1-7-12-13/h1-5,7-8H,6,9H2. The van der Waals surface area contributed by atoms with E-state index in [0.29, 0.717) is 6.42 Å². The lowest BCUT2D eigenvalue weighted by Gasteiger charge is -2.02. The Hall–Kier alpha value is -2.17. The van der Waals surface area contributed by atoms with Crippen molar-refractivity contribution < 1.29 is 4.92 Å². The molecule has 2 rings (SSSR count). The molecule has 2 aromatic rings. The van der Waals surface area contributed by atoms with Gasteiger partial charge in [0.15, 0.2) is 0 Å². The van der Waals surface area contributed by atoms with Crippen LogP contribution in [0.15, 0.2) is 42.7 Å². The monoisotopic (exact) mass is 217 g/mol. The van der Waals surface area contributed by atoms with Gasteiger partial charge in [0.05, 0.1) is 5.69 Å². The van der Waals surface area contributed by atoms with E-state index in [1.165, 1.54) is 0 Å². The van der Waals surface area contributed by atoms with Crippen molar-refractivity contribution in [3.05, 3.63) is 58.4 Å². The first-order valence-corrected chi connectivity index (χ1v) is 4.96. The van der Waals surface area contributed by atoms with Crippen molar-refractivity contribution in [1.29, 1.82) is 0 Å². The minimum Gasteiger partial charge on any atom is -0.265 e. The summed E-state index contributed by atoms with van der Waals surface area (Å²) in [6.45, 7) is -0.0267. The zero-order valence-corrected chi connectivity index (χ0v) is 8.61. The highest BCUT2D eigenvalue weighted by Crippen LogP contribution is 2.08. The van der Waals surface area contributed by atoms with Crippen LogP contribution in [0.4, 0.5) is 0 Å². The molecule has 0 aliphatic carbocycles. The Balaban J connectivity index is 2.08. The van der Waals surface area contributed by atoms with Gasteiger partial charge in [0.1, 0.15) is 0 Å². The summed E-state index contributed by atoms with van der Waals surface area (Å²) in [5.74, 6) is 0. The normalized spacial score (nSPS) is 10.2. The SMILES string of the molecule is O=[N+]([O-])CCc1ccc(-n2cccn2)cc1. The molecule has 0 saturated carbocycles. The Kier molecular flexibility index (Phi) is 2.95. The lowest BCUT2D eigenvalue weighted by Crippen LogP contribution is -2.04. The summed E-state index contributed by atoms with van der Waals surface area (Å²) in [5, 5.41) is 14.3. The van der Waals surface area contributed by atoms with Gasteiger partial charge in [-0.2, -0.15) is 5.10 Å². The molecule has 1 aromatic carbocycles. The number of rotatable bonds is 4. The summed E-state index contributed by atoms with van der Waals surface area (Å²) in [6.07, 6.45) is 4.03. The second-order valence-corrected chi connectivity index (χ2v) is 3.42. The molecule has 0 aliphatic heterocycles. The lowest BCUT2D eigenvalue weighted by atomic mass is 10.1. The molecule has 5 nitrogen and oxygen atoms in total. The Morgan fingerprint density at radius 3 is 2.62 bits per heavy atom. The number of nitro groups is 1. The van der Waals surface area contributed by atoms with Crippen LogP contribution in [-0.2, 0) is 6.42 Å². The second-order valence-electron chi connectivity index (χ2n) is 3.42. The fourth-order valence-corrected chi connectivity index (χ4v) is 1.46. The number of aromatic nitrogens is 2. The van der Waals surface area contributed by atoms with Crippen LogP contribution in [-0.4, -0.2) is 21.2 Å². The average molecular weight is 217 g/mol. The van der Waals surface area contributed by atoms with E-state index in [1.54, 1.807) is 10.9 Å². The number of hydrogen-bond donors (Lipinski definition) is 0. The molecule has 82 valence electrons. The maximum absolute atomic E-state index is 10.2. The third-order valence-electron chi connectivity index (χ3n) is 2.29. The van der Waals surface area contributed by atoms with Crippen molar-refractivity contribution >= 4 is 0 Å². The van der Waals surface area contributed by atoms with Crippen molar-refractivity contribution in [3.63, 3.8) is 0 Å². The number of benzene rings is 1. The van der Waals surface area contributed by atoms with Crippen molar-refractivity contribution in [1.82, 2.24) is 9.78 Å². The summed E-state index contributed by atoms with van der Waals surface area (Å²) in [5.41, 5.74) is 1.92. The maximum atomic E-state index is 10.2. The van der Waals surface area contributed by atoms with Gasteiger partial charge in [0.2, 0.25) is 6.54 Å². The summed E-state index contributed by atoms with van der Waals surface area (Å²) in [7, 11) is 0. The molecule has 0 amide bonds. The number of nitrogens with zero attached hydrogens (tertiary/aromatic N) is 3. The lowest BCUT2D eigenvalue weighted by molar-refractivity contribution is -0.479. The van der Waals surface area contributed by atoms with Gasteiger partial charge >= 0.3 is 0 Å². The zero-order valence-electron chi connectivity index (χ0n) is 8.61. The van der Waals surface area contributed by atoms with Gasteiger partial charge in [-0.05, 0) is 23.8 Å². The molecular weight excluding hydrogens is 206 g/mol. The largest absolute Gasteiger partial charge is 0.265 e. The van der Waals surface area contributed by atoms with Crippen molar-refractivity contribution in [3.8, 4) is 5.69 Å². The molecular formula is C11H11N3O2. The van der Waals surface area contributed by atoms with Crippen molar-refractivity contribution in [2.45, 2.75) is 6.42 Å². The molecule has 0 bridgehead atoms. The zero-order chi connectivity index (χ0) is 11.4. The number of hydrogen-bond acceptors (Lipinski definition) is 3. The van der Waals surface area contributed by atoms with Crippen LogP contribution in [0.25, 0.3) is 5.69 Å². The van der Waals surface area contributed by atoms with E-state index in [9.17, 15) is 10.1 Å². The summed E-state index contributed by atoms with van der Waals surface area (Å²) >= 11 is 0. The van der Waals surface area contributed by atoms with E-state index in [0.717, 1.165) is 11.3 Å². The van der Waals surface area contributed by atoms with E-state index in [4.69, 9.17) is 0 Å². The molecule has 0 saturated heterocycles. The van der Waals surface area contributed by atoms with Crippen molar-refractivity contribution in [2.24, 2.45) is 0 Å². The van der Waals surface area contributed by atoms with Gasteiger partial charge in [-0.3, -0.25) is 10.1 Å². The Morgan fingerprint density at radius 1 is 1.31 bits per heavy atom. The fraction of sp³-hybridized carbons (Fsp3) is 0.182. The van der Waals surface area contributed by atoms with E-state index in [1.807, 2.05) is 36.5 Å². The predicted molar refractivity (Wildman–Crippen MR) is 59.1 cm³/mol. The molecule has 5 heteroatoms. The van der Waals surface area contributed by atoms with Crippen LogP contribution in [0.1, 0.15) is 5.56 Å². The maximum Gasteiger partial charge on any atom is 0.207 e. The fourth-order valence-electron chi connectivity index (χ4n) is 1.46. The Bertz CT molecular complexity index is 462. The van der Waals surface area contributed by atoms with Gasteiger partial charge in [0.25, 0.3) is 0 Å². The topological polar surface area (TPSA) is 61.0 Å². The van der Waals surface area contributed by atoms with Crippen LogP contribution < -0.4 is 0 Å². The van der Waals surface area contributed by atoms with Gasteiger partial charge in [-0.25, -0.2) is 4.68 Å². The van der Waals surface area contributed by atoms with Crippen LogP contribution >= 0.6 is 0 Å². The highest BCUT2D eigenvalue weighted by molar-refractivity contribution is 5.33. The molecule has 0 fully saturated rings. The van der Waals surface area contributed by atoms with E-state index in [2.05, 4.69) is 5.10 Å². The average Bonchev–Trinajstić information content (AvgIpc) is 2.80. The first-order valence-electron chi connectivity index (χ1n) is 4.96. The van der Waals surface area contributed by atoms with E-state index < -0.39 is 0 Å². The van der Waals surface area contributed by atoms with Crippen LogP contribution in [0.5, 0.6) is 0 Å². The molecule has 16 heavy (non-hydrogen) atoms. The minimum absolute atomic E-state index is 0.0267. The van der Waals surface area contributed by atoms with Gasteiger partial charge in [-0.1, -0.05) is 12.1 Å². The third-order valence-corrected chi connectivity index (χ3v) is 2.29. The molecule has 0 N–H and O–H groups in total. The van der Waals surface area contributed by atoms with Gasteiger partial charge in [-0.15, -0.1) is 0 Å². The molecule has 0 unspecified atom stereocenters. The summed E-state index contributed by atoms with van der Waals surface area (Å²) < 4.78 is 1.75. The molecule has 0 atom stereocenters. The smallest absolute Gasteiger partial charge is 0.207 e. The van der Waals surface area contributed by atoms with E-state index in [-0.39, 0.29) is 11.5 Å². The van der Waals surface area contributed by atoms with E-state index >= 15 is 0 Å². The van der Waals surface area contributed by atoms with Crippen LogP contribution in [0.3, 0.4) is 0 Å².